The molecular formula is C17H16Cl3N3O2S. The molecule has 5 nitrogen and oxygen atoms in total. The van der Waals surface area contributed by atoms with Gasteiger partial charge in [0.05, 0.1) is 27.6 Å². The van der Waals surface area contributed by atoms with Gasteiger partial charge in [-0.25, -0.2) is 13.4 Å². The van der Waals surface area contributed by atoms with E-state index >= 15 is 0 Å². The fourth-order valence-electron chi connectivity index (χ4n) is 2.81. The predicted octanol–water partition coefficient (Wildman–Crippen LogP) is 4.84. The summed E-state index contributed by atoms with van der Waals surface area (Å²) in [5.74, 6) is 0.640. The van der Waals surface area contributed by atoms with Crippen molar-refractivity contribution in [2.75, 3.05) is 7.05 Å². The number of para-hydroxylation sites is 2. The van der Waals surface area contributed by atoms with Gasteiger partial charge in [-0.05, 0) is 31.2 Å². The molecule has 0 aliphatic heterocycles. The maximum Gasteiger partial charge on any atom is 0.246 e. The number of imidazole rings is 1. The smallest absolute Gasteiger partial charge is 0.246 e. The van der Waals surface area contributed by atoms with Crippen LogP contribution in [0.3, 0.4) is 0 Å². The number of hydrogen-bond acceptors (Lipinski definition) is 3. The normalized spacial score (nSPS) is 12.2. The number of aryl methyl sites for hydroxylation is 1. The zero-order valence-corrected chi connectivity index (χ0v) is 17.2. The Labute approximate surface area is 167 Å². The maximum atomic E-state index is 13.0. The predicted molar refractivity (Wildman–Crippen MR) is 106 cm³/mol. The van der Waals surface area contributed by atoms with Gasteiger partial charge < -0.3 is 4.57 Å². The molecule has 9 heteroatoms. The number of hydrogen-bond donors (Lipinski definition) is 0. The van der Waals surface area contributed by atoms with Gasteiger partial charge in [0.1, 0.15) is 10.7 Å². The first kappa shape index (κ1) is 19.5. The number of rotatable bonds is 5. The second-order valence-corrected chi connectivity index (χ2v) is 8.95. The first-order valence-electron chi connectivity index (χ1n) is 7.80. The van der Waals surface area contributed by atoms with Gasteiger partial charge >= 0.3 is 0 Å². The van der Waals surface area contributed by atoms with Crippen LogP contribution in [0.25, 0.3) is 11.0 Å². The van der Waals surface area contributed by atoms with Crippen molar-refractivity contribution in [1.82, 2.24) is 13.9 Å². The molecule has 0 amide bonds. The van der Waals surface area contributed by atoms with E-state index in [0.29, 0.717) is 12.4 Å². The second kappa shape index (κ2) is 7.37. The highest BCUT2D eigenvalue weighted by atomic mass is 35.5. The molecule has 3 rings (SSSR count). The summed E-state index contributed by atoms with van der Waals surface area (Å²) < 4.78 is 29.1. The van der Waals surface area contributed by atoms with E-state index in [-0.39, 0.29) is 26.5 Å². The average Bonchev–Trinajstić information content (AvgIpc) is 2.90. The van der Waals surface area contributed by atoms with Gasteiger partial charge in [0.15, 0.2) is 0 Å². The van der Waals surface area contributed by atoms with Crippen LogP contribution in [-0.2, 0) is 23.1 Å². The lowest BCUT2D eigenvalue weighted by Crippen LogP contribution is -2.28. The van der Waals surface area contributed by atoms with Crippen LogP contribution in [0.15, 0.2) is 41.3 Å². The van der Waals surface area contributed by atoms with Crippen molar-refractivity contribution < 1.29 is 8.42 Å². The molecule has 0 saturated carbocycles. The fraction of sp³-hybridized carbons (Fsp3) is 0.235. The third kappa shape index (κ3) is 3.44. The van der Waals surface area contributed by atoms with E-state index in [0.717, 1.165) is 11.0 Å². The molecule has 138 valence electrons. The van der Waals surface area contributed by atoms with Gasteiger partial charge in [0, 0.05) is 18.6 Å². The lowest BCUT2D eigenvalue weighted by Gasteiger charge is -2.19. The van der Waals surface area contributed by atoms with Crippen LogP contribution in [0, 0.1) is 0 Å². The van der Waals surface area contributed by atoms with Gasteiger partial charge in [0.2, 0.25) is 10.0 Å². The van der Waals surface area contributed by atoms with Gasteiger partial charge in [-0.2, -0.15) is 4.31 Å². The van der Waals surface area contributed by atoms with Gasteiger partial charge in [-0.15, -0.1) is 0 Å². The minimum atomic E-state index is -3.92. The number of halogens is 3. The number of benzene rings is 2. The summed E-state index contributed by atoms with van der Waals surface area (Å²) in [5, 5.41) is 0.242. The fourth-order valence-corrected chi connectivity index (χ4v) is 5.42. The largest absolute Gasteiger partial charge is 0.327 e. The van der Waals surface area contributed by atoms with Crippen molar-refractivity contribution in [1.29, 1.82) is 0 Å². The number of aromatic nitrogens is 2. The van der Waals surface area contributed by atoms with Crippen molar-refractivity contribution >= 4 is 55.9 Å². The third-order valence-corrected chi connectivity index (χ3v) is 6.99. The van der Waals surface area contributed by atoms with Crippen LogP contribution in [0.1, 0.15) is 12.7 Å². The van der Waals surface area contributed by atoms with Crippen LogP contribution in [0.5, 0.6) is 0 Å². The molecule has 26 heavy (non-hydrogen) atoms. The quantitative estimate of drug-likeness (QED) is 0.580. The first-order chi connectivity index (χ1) is 12.3. The summed E-state index contributed by atoms with van der Waals surface area (Å²) in [6.07, 6.45) is 0. The molecule has 2 aromatic carbocycles. The van der Waals surface area contributed by atoms with Crippen LogP contribution < -0.4 is 0 Å². The van der Waals surface area contributed by atoms with Crippen molar-refractivity contribution in [3.8, 4) is 0 Å². The van der Waals surface area contributed by atoms with Crippen LogP contribution in [0.2, 0.25) is 15.1 Å². The Bertz CT molecular complexity index is 1060. The maximum absolute atomic E-state index is 13.0. The highest BCUT2D eigenvalue weighted by Crippen LogP contribution is 2.34. The van der Waals surface area contributed by atoms with Gasteiger partial charge in [-0.3, -0.25) is 0 Å². The second-order valence-electron chi connectivity index (χ2n) is 5.72. The third-order valence-electron chi connectivity index (χ3n) is 4.05. The molecule has 0 unspecified atom stereocenters. The highest BCUT2D eigenvalue weighted by molar-refractivity contribution is 7.89. The molecule has 0 aliphatic rings. The zero-order valence-electron chi connectivity index (χ0n) is 14.1. The summed E-state index contributed by atoms with van der Waals surface area (Å²) in [7, 11) is -2.45. The van der Waals surface area contributed by atoms with E-state index in [4.69, 9.17) is 34.8 Å². The Kier molecular flexibility index (Phi) is 5.51. The lowest BCUT2D eigenvalue weighted by molar-refractivity contribution is 0.449. The first-order valence-corrected chi connectivity index (χ1v) is 10.4. The van der Waals surface area contributed by atoms with Crippen LogP contribution in [-0.4, -0.2) is 29.3 Å². The Hall–Kier alpha value is -1.31. The summed E-state index contributed by atoms with van der Waals surface area (Å²) in [5.41, 5.74) is 1.77. The van der Waals surface area contributed by atoms with Gasteiger partial charge in [0.25, 0.3) is 0 Å². The van der Waals surface area contributed by atoms with Crippen molar-refractivity contribution in [3.63, 3.8) is 0 Å². The molecule has 0 bridgehead atoms. The summed E-state index contributed by atoms with van der Waals surface area (Å²) in [6.45, 7) is 2.74. The Balaban J connectivity index is 2.01. The SMILES string of the molecule is CCn1c(CN(C)S(=O)(=O)c2c(Cl)cc(Cl)cc2Cl)nc2ccccc21. The van der Waals surface area contributed by atoms with E-state index in [2.05, 4.69) is 4.98 Å². The number of sulfonamides is 1. The minimum absolute atomic E-state index is 0.0154. The summed E-state index contributed by atoms with van der Waals surface area (Å²) in [4.78, 5) is 4.40. The van der Waals surface area contributed by atoms with E-state index in [1.807, 2.05) is 35.8 Å². The van der Waals surface area contributed by atoms with E-state index in [9.17, 15) is 8.42 Å². The lowest BCUT2D eigenvalue weighted by atomic mass is 10.3. The monoisotopic (exact) mass is 431 g/mol. The van der Waals surface area contributed by atoms with E-state index < -0.39 is 10.0 Å². The molecule has 3 aromatic rings. The average molecular weight is 433 g/mol. The molecule has 0 spiro atoms. The Morgan fingerprint density at radius 2 is 1.73 bits per heavy atom. The van der Waals surface area contributed by atoms with E-state index in [1.54, 1.807) is 0 Å². The van der Waals surface area contributed by atoms with Crippen LogP contribution >= 0.6 is 34.8 Å². The van der Waals surface area contributed by atoms with Crippen LogP contribution in [0.4, 0.5) is 0 Å². The van der Waals surface area contributed by atoms with E-state index in [1.165, 1.54) is 23.5 Å². The number of nitrogens with zero attached hydrogens (tertiary/aromatic N) is 3. The highest BCUT2D eigenvalue weighted by Gasteiger charge is 2.28. The topological polar surface area (TPSA) is 55.2 Å². The molecule has 0 saturated heterocycles. The molecule has 0 aliphatic carbocycles. The zero-order chi connectivity index (χ0) is 19.1. The molecular weight excluding hydrogens is 417 g/mol. The van der Waals surface area contributed by atoms with Crippen molar-refractivity contribution in [2.45, 2.75) is 24.9 Å². The van der Waals surface area contributed by atoms with Crippen molar-refractivity contribution in [2.24, 2.45) is 0 Å². The Morgan fingerprint density at radius 3 is 2.35 bits per heavy atom. The molecule has 1 aromatic heterocycles. The Morgan fingerprint density at radius 1 is 1.12 bits per heavy atom. The minimum Gasteiger partial charge on any atom is -0.327 e. The molecule has 0 fully saturated rings. The van der Waals surface area contributed by atoms with Gasteiger partial charge in [-0.1, -0.05) is 46.9 Å². The molecule has 0 atom stereocenters. The summed E-state index contributed by atoms with van der Waals surface area (Å²) >= 11 is 18.1. The molecule has 0 N–H and O–H groups in total. The summed E-state index contributed by atoms with van der Waals surface area (Å²) in [6, 6.07) is 10.4. The molecule has 0 radical (unpaired) electrons. The standard InChI is InChI=1S/C17H16Cl3N3O2S/c1-3-23-15-7-5-4-6-14(15)21-16(23)10-22(2)26(24,25)17-12(19)8-11(18)9-13(17)20/h4-9H,3,10H2,1-2H3. The van der Waals surface area contributed by atoms with Crippen molar-refractivity contribution in [3.05, 3.63) is 57.3 Å². The number of fused-ring (bicyclic) bond motifs is 1. The molecule has 1 heterocycles.